The van der Waals surface area contributed by atoms with E-state index < -0.39 is 5.82 Å². The van der Waals surface area contributed by atoms with Gasteiger partial charge in [-0.25, -0.2) is 4.39 Å². The molecule has 98 valence electrons. The highest BCUT2D eigenvalue weighted by Gasteiger charge is 2.15. The van der Waals surface area contributed by atoms with Gasteiger partial charge in [0.05, 0.1) is 12.7 Å². The zero-order valence-electron chi connectivity index (χ0n) is 11.2. The second-order valence-electron chi connectivity index (χ2n) is 4.50. The average Bonchev–Trinajstić information content (AvgIpc) is 2.40. The van der Waals surface area contributed by atoms with E-state index in [0.29, 0.717) is 11.3 Å². The van der Waals surface area contributed by atoms with Gasteiger partial charge in [-0.05, 0) is 49.7 Å². The van der Waals surface area contributed by atoms with Crippen LogP contribution in [-0.4, -0.2) is 12.9 Å². The Morgan fingerprint density at radius 3 is 2.47 bits per heavy atom. The minimum Gasteiger partial charge on any atom is -0.496 e. The molecule has 3 heteroatoms. The van der Waals surface area contributed by atoms with Crippen LogP contribution in [-0.2, 0) is 0 Å². The molecule has 0 aliphatic rings. The van der Waals surface area contributed by atoms with Crippen molar-refractivity contribution in [1.29, 1.82) is 0 Å². The molecule has 0 N–H and O–H groups in total. The van der Waals surface area contributed by atoms with Gasteiger partial charge in [-0.2, -0.15) is 0 Å². The summed E-state index contributed by atoms with van der Waals surface area (Å²) in [5, 5.41) is 0. The van der Waals surface area contributed by atoms with Crippen molar-refractivity contribution in [3.63, 3.8) is 0 Å². The highest BCUT2D eigenvalue weighted by Crippen LogP contribution is 2.21. The van der Waals surface area contributed by atoms with E-state index in [1.807, 2.05) is 13.8 Å². The molecule has 0 atom stereocenters. The molecule has 19 heavy (non-hydrogen) atoms. The van der Waals surface area contributed by atoms with Crippen LogP contribution < -0.4 is 4.74 Å². The predicted molar refractivity (Wildman–Crippen MR) is 72.3 cm³/mol. The Hall–Kier alpha value is -2.16. The monoisotopic (exact) mass is 258 g/mol. The van der Waals surface area contributed by atoms with Gasteiger partial charge in [-0.3, -0.25) is 4.79 Å². The Bertz CT molecular complexity index is 633. The number of halogens is 1. The summed E-state index contributed by atoms with van der Waals surface area (Å²) in [6.45, 7) is 3.68. The van der Waals surface area contributed by atoms with E-state index >= 15 is 0 Å². The Morgan fingerprint density at radius 1 is 1.11 bits per heavy atom. The first-order valence-corrected chi connectivity index (χ1v) is 5.98. The maximum Gasteiger partial charge on any atom is 0.195 e. The zero-order chi connectivity index (χ0) is 14.0. The number of rotatable bonds is 3. The van der Waals surface area contributed by atoms with E-state index in [1.165, 1.54) is 6.07 Å². The number of hydrogen-bond donors (Lipinski definition) is 0. The summed E-state index contributed by atoms with van der Waals surface area (Å²) in [6.07, 6.45) is 0. The van der Waals surface area contributed by atoms with E-state index in [2.05, 4.69) is 0 Å². The molecule has 2 rings (SSSR count). The van der Waals surface area contributed by atoms with Crippen LogP contribution in [0.4, 0.5) is 4.39 Å². The van der Waals surface area contributed by atoms with Crippen LogP contribution in [0.2, 0.25) is 0 Å². The molecule has 0 saturated heterocycles. The molecule has 0 saturated carbocycles. The molecule has 0 bridgehead atoms. The zero-order valence-corrected chi connectivity index (χ0v) is 11.2. The van der Waals surface area contributed by atoms with Gasteiger partial charge in [0.15, 0.2) is 5.78 Å². The standard InChI is InChI=1S/C16H15FO2/c1-10-4-6-14(17)13(8-10)16(18)12-5-7-15(19-3)11(2)9-12/h4-9H,1-3H3. The summed E-state index contributed by atoms with van der Waals surface area (Å²) >= 11 is 0. The van der Waals surface area contributed by atoms with Gasteiger partial charge < -0.3 is 4.74 Å². The molecule has 0 fully saturated rings. The lowest BCUT2D eigenvalue weighted by Gasteiger charge is -2.08. The normalized spacial score (nSPS) is 10.3. The number of ether oxygens (including phenoxy) is 1. The van der Waals surface area contributed by atoms with Gasteiger partial charge >= 0.3 is 0 Å². The largest absolute Gasteiger partial charge is 0.496 e. The van der Waals surface area contributed by atoms with Crippen molar-refractivity contribution in [2.45, 2.75) is 13.8 Å². The number of benzene rings is 2. The summed E-state index contributed by atoms with van der Waals surface area (Å²) in [6, 6.07) is 9.61. The molecule has 0 amide bonds. The SMILES string of the molecule is COc1ccc(C(=O)c2cc(C)ccc2F)cc1C. The molecule has 0 aliphatic heterocycles. The highest BCUT2D eigenvalue weighted by atomic mass is 19.1. The van der Waals surface area contributed by atoms with Crippen molar-refractivity contribution >= 4 is 5.78 Å². The molecule has 0 aromatic heterocycles. The fourth-order valence-electron chi connectivity index (χ4n) is 1.99. The second kappa shape index (κ2) is 5.22. The first kappa shape index (κ1) is 13.3. The topological polar surface area (TPSA) is 26.3 Å². The van der Waals surface area contributed by atoms with E-state index in [9.17, 15) is 9.18 Å². The van der Waals surface area contributed by atoms with Gasteiger partial charge in [-0.15, -0.1) is 0 Å². The molecule has 0 unspecified atom stereocenters. The summed E-state index contributed by atoms with van der Waals surface area (Å²) in [4.78, 5) is 12.3. The molecular weight excluding hydrogens is 243 g/mol. The minimum absolute atomic E-state index is 0.101. The van der Waals surface area contributed by atoms with Crippen LogP contribution in [0.1, 0.15) is 27.0 Å². The third-order valence-electron chi connectivity index (χ3n) is 3.02. The minimum atomic E-state index is -0.496. The van der Waals surface area contributed by atoms with Crippen molar-refractivity contribution in [2.75, 3.05) is 7.11 Å². The fourth-order valence-corrected chi connectivity index (χ4v) is 1.99. The lowest BCUT2D eigenvalue weighted by atomic mass is 9.99. The Balaban J connectivity index is 2.44. The van der Waals surface area contributed by atoms with Gasteiger partial charge in [0.25, 0.3) is 0 Å². The Morgan fingerprint density at radius 2 is 1.84 bits per heavy atom. The van der Waals surface area contributed by atoms with Crippen LogP contribution in [0.15, 0.2) is 36.4 Å². The molecule has 0 radical (unpaired) electrons. The molecule has 0 spiro atoms. The van der Waals surface area contributed by atoms with Gasteiger partial charge in [0.2, 0.25) is 0 Å². The Kier molecular flexibility index (Phi) is 3.65. The van der Waals surface area contributed by atoms with E-state index in [0.717, 1.165) is 11.1 Å². The first-order chi connectivity index (χ1) is 9.02. The van der Waals surface area contributed by atoms with Gasteiger partial charge in [-0.1, -0.05) is 11.6 Å². The molecule has 2 nitrogen and oxygen atoms in total. The van der Waals surface area contributed by atoms with Gasteiger partial charge in [0, 0.05) is 5.56 Å². The second-order valence-corrected chi connectivity index (χ2v) is 4.50. The van der Waals surface area contributed by atoms with E-state index in [-0.39, 0.29) is 11.3 Å². The van der Waals surface area contributed by atoms with Crippen LogP contribution in [0.5, 0.6) is 5.75 Å². The van der Waals surface area contributed by atoms with Crippen LogP contribution in [0.3, 0.4) is 0 Å². The van der Waals surface area contributed by atoms with Crippen LogP contribution >= 0.6 is 0 Å². The van der Waals surface area contributed by atoms with Crippen molar-refractivity contribution in [3.05, 3.63) is 64.5 Å². The van der Waals surface area contributed by atoms with Crippen LogP contribution in [0.25, 0.3) is 0 Å². The molecule has 2 aromatic rings. The maximum atomic E-state index is 13.7. The van der Waals surface area contributed by atoms with Crippen molar-refractivity contribution < 1.29 is 13.9 Å². The number of aryl methyl sites for hydroxylation is 2. The summed E-state index contributed by atoms with van der Waals surface area (Å²) in [5.74, 6) is -0.0997. The molecule has 0 heterocycles. The lowest BCUT2D eigenvalue weighted by Crippen LogP contribution is -2.05. The number of carbonyl (C=O) groups excluding carboxylic acids is 1. The third-order valence-corrected chi connectivity index (χ3v) is 3.02. The van der Waals surface area contributed by atoms with E-state index in [4.69, 9.17) is 4.74 Å². The number of methoxy groups -OCH3 is 1. The summed E-state index contributed by atoms with van der Waals surface area (Å²) in [7, 11) is 1.57. The predicted octanol–water partition coefficient (Wildman–Crippen LogP) is 3.68. The summed E-state index contributed by atoms with van der Waals surface area (Å²) in [5.41, 5.74) is 2.27. The van der Waals surface area contributed by atoms with Crippen LogP contribution in [0, 0.1) is 19.7 Å². The van der Waals surface area contributed by atoms with Crippen molar-refractivity contribution in [1.82, 2.24) is 0 Å². The quantitative estimate of drug-likeness (QED) is 0.785. The first-order valence-electron chi connectivity index (χ1n) is 5.98. The lowest BCUT2D eigenvalue weighted by molar-refractivity contribution is 0.103. The maximum absolute atomic E-state index is 13.7. The number of carbonyl (C=O) groups is 1. The molecule has 2 aromatic carbocycles. The third kappa shape index (κ3) is 2.65. The van der Waals surface area contributed by atoms with Crippen molar-refractivity contribution in [3.8, 4) is 5.75 Å². The Labute approximate surface area is 111 Å². The number of hydrogen-bond acceptors (Lipinski definition) is 2. The molecular formula is C16H15FO2. The highest BCUT2D eigenvalue weighted by molar-refractivity contribution is 6.09. The summed E-state index contributed by atoms with van der Waals surface area (Å²) < 4.78 is 18.8. The van der Waals surface area contributed by atoms with E-state index in [1.54, 1.807) is 37.4 Å². The fraction of sp³-hybridized carbons (Fsp3) is 0.188. The smallest absolute Gasteiger partial charge is 0.195 e. The van der Waals surface area contributed by atoms with Gasteiger partial charge in [0.1, 0.15) is 11.6 Å². The van der Waals surface area contributed by atoms with Crippen molar-refractivity contribution in [2.24, 2.45) is 0 Å². The molecule has 0 aliphatic carbocycles. The number of ketones is 1. The average molecular weight is 258 g/mol.